The van der Waals surface area contributed by atoms with Crippen molar-refractivity contribution >= 4 is 0 Å². The molecular formula is C71H48N2. The molecule has 0 saturated carbocycles. The monoisotopic (exact) mass is 928 g/mol. The highest BCUT2D eigenvalue weighted by Crippen LogP contribution is 2.58. The first-order valence-corrected chi connectivity index (χ1v) is 25.0. The van der Waals surface area contributed by atoms with Gasteiger partial charge in [-0.1, -0.05) is 255 Å². The van der Waals surface area contributed by atoms with Crippen molar-refractivity contribution in [3.05, 3.63) is 313 Å². The molecule has 0 radical (unpaired) electrons. The van der Waals surface area contributed by atoms with Crippen molar-refractivity contribution in [2.45, 2.75) is 5.41 Å². The van der Waals surface area contributed by atoms with E-state index in [0.717, 1.165) is 50.3 Å². The summed E-state index contributed by atoms with van der Waals surface area (Å²) in [5.41, 5.74) is 23.4. The fourth-order valence-electron chi connectivity index (χ4n) is 11.1. The molecule has 2 heteroatoms. The minimum absolute atomic E-state index is 0.539. The van der Waals surface area contributed by atoms with E-state index in [0.29, 0.717) is 5.82 Å². The first-order valence-electron chi connectivity index (χ1n) is 25.0. The molecule has 1 heterocycles. The summed E-state index contributed by atoms with van der Waals surface area (Å²) in [5.74, 6) is 0.691. The molecule has 13 rings (SSSR count). The summed E-state index contributed by atoms with van der Waals surface area (Å²) in [5, 5.41) is 0. The van der Waals surface area contributed by atoms with Crippen molar-refractivity contribution in [2.75, 3.05) is 0 Å². The molecule has 0 unspecified atom stereocenters. The topological polar surface area (TPSA) is 25.8 Å². The maximum Gasteiger partial charge on any atom is 0.160 e. The van der Waals surface area contributed by atoms with Crippen molar-refractivity contribution in [3.8, 4) is 101 Å². The number of hydrogen-bond acceptors (Lipinski definition) is 2. The summed E-state index contributed by atoms with van der Waals surface area (Å²) in [4.78, 5) is 10.4. The lowest BCUT2D eigenvalue weighted by Crippen LogP contribution is -2.28. The van der Waals surface area contributed by atoms with Crippen LogP contribution in [0.1, 0.15) is 22.3 Å². The predicted octanol–water partition coefficient (Wildman–Crippen LogP) is 18.2. The minimum Gasteiger partial charge on any atom is -0.228 e. The van der Waals surface area contributed by atoms with Gasteiger partial charge in [0.15, 0.2) is 5.82 Å². The van der Waals surface area contributed by atoms with Crippen LogP contribution >= 0.6 is 0 Å². The lowest BCUT2D eigenvalue weighted by atomic mass is 9.67. The fourth-order valence-corrected chi connectivity index (χ4v) is 11.1. The van der Waals surface area contributed by atoms with Gasteiger partial charge < -0.3 is 0 Å². The Labute approximate surface area is 427 Å². The van der Waals surface area contributed by atoms with Crippen LogP contribution < -0.4 is 0 Å². The Morgan fingerprint density at radius 3 is 1.15 bits per heavy atom. The average Bonchev–Trinajstić information content (AvgIpc) is 3.78. The maximum atomic E-state index is 5.25. The second kappa shape index (κ2) is 18.7. The van der Waals surface area contributed by atoms with Crippen LogP contribution in [-0.4, -0.2) is 9.97 Å². The zero-order chi connectivity index (χ0) is 48.6. The maximum absolute atomic E-state index is 5.25. The molecule has 0 aliphatic heterocycles. The van der Waals surface area contributed by atoms with Crippen molar-refractivity contribution in [2.24, 2.45) is 0 Å². The van der Waals surface area contributed by atoms with Crippen molar-refractivity contribution < 1.29 is 0 Å². The van der Waals surface area contributed by atoms with Gasteiger partial charge in [-0.15, -0.1) is 0 Å². The Balaban J connectivity index is 0.971. The third kappa shape index (κ3) is 7.96. The molecule has 12 aromatic rings. The van der Waals surface area contributed by atoms with E-state index in [-0.39, 0.29) is 0 Å². The van der Waals surface area contributed by atoms with Crippen LogP contribution in [-0.2, 0) is 5.41 Å². The van der Waals surface area contributed by atoms with Gasteiger partial charge in [-0.3, -0.25) is 0 Å². The second-order valence-electron chi connectivity index (χ2n) is 18.9. The Hall–Kier alpha value is -9.50. The molecular weight excluding hydrogens is 881 g/mol. The van der Waals surface area contributed by atoms with Gasteiger partial charge in [0.2, 0.25) is 0 Å². The molecule has 342 valence electrons. The van der Waals surface area contributed by atoms with Crippen LogP contribution in [0.4, 0.5) is 0 Å². The summed E-state index contributed by atoms with van der Waals surface area (Å²) in [6.45, 7) is 0. The number of aromatic nitrogens is 2. The van der Waals surface area contributed by atoms with Crippen LogP contribution in [0.3, 0.4) is 0 Å². The normalized spacial score (nSPS) is 12.2. The van der Waals surface area contributed by atoms with E-state index in [9.17, 15) is 0 Å². The molecule has 1 aliphatic carbocycles. The fraction of sp³-hybridized carbons (Fsp3) is 0.0141. The van der Waals surface area contributed by atoms with Gasteiger partial charge in [-0.25, -0.2) is 9.97 Å². The zero-order valence-electron chi connectivity index (χ0n) is 40.1. The summed E-state index contributed by atoms with van der Waals surface area (Å²) in [6, 6.07) is 105. The Kier molecular flexibility index (Phi) is 11.1. The van der Waals surface area contributed by atoms with Crippen LogP contribution in [0.25, 0.3) is 101 Å². The van der Waals surface area contributed by atoms with E-state index < -0.39 is 5.41 Å². The quantitative estimate of drug-likeness (QED) is 0.137. The molecule has 0 atom stereocenters. The molecule has 0 N–H and O–H groups in total. The summed E-state index contributed by atoms with van der Waals surface area (Å²) < 4.78 is 0. The number of rotatable bonds is 10. The largest absolute Gasteiger partial charge is 0.228 e. The van der Waals surface area contributed by atoms with Gasteiger partial charge in [-0.05, 0) is 125 Å². The number of fused-ring (bicyclic) bond motifs is 3. The van der Waals surface area contributed by atoms with Gasteiger partial charge in [0.05, 0.1) is 16.8 Å². The highest BCUT2D eigenvalue weighted by molar-refractivity contribution is 5.96. The molecule has 0 bridgehead atoms. The van der Waals surface area contributed by atoms with Gasteiger partial charge in [0.1, 0.15) is 0 Å². The van der Waals surface area contributed by atoms with E-state index >= 15 is 0 Å². The molecule has 1 aliphatic rings. The average molecular weight is 929 g/mol. The summed E-state index contributed by atoms with van der Waals surface area (Å²) in [6.07, 6.45) is 0. The van der Waals surface area contributed by atoms with Gasteiger partial charge in [0.25, 0.3) is 0 Å². The molecule has 1 aromatic heterocycles. The number of hydrogen-bond donors (Lipinski definition) is 0. The Morgan fingerprint density at radius 1 is 0.205 bits per heavy atom. The molecule has 0 saturated heterocycles. The molecule has 73 heavy (non-hydrogen) atoms. The van der Waals surface area contributed by atoms with Crippen LogP contribution in [0, 0.1) is 0 Å². The predicted molar refractivity (Wildman–Crippen MR) is 303 cm³/mol. The van der Waals surface area contributed by atoms with Gasteiger partial charge >= 0.3 is 0 Å². The lowest BCUT2D eigenvalue weighted by Gasteiger charge is -2.34. The lowest BCUT2D eigenvalue weighted by molar-refractivity contribution is 0.769. The smallest absolute Gasteiger partial charge is 0.160 e. The zero-order valence-corrected chi connectivity index (χ0v) is 40.1. The molecule has 2 nitrogen and oxygen atoms in total. The first kappa shape index (κ1) is 43.5. The molecule has 0 fully saturated rings. The first-order chi connectivity index (χ1) is 36.2. The summed E-state index contributed by atoms with van der Waals surface area (Å²) >= 11 is 0. The SMILES string of the molecule is c1ccc(-c2ccc(-c3cc4c(cc3-c3cccc(-c5cccc(-c6cc(-c7cccc(-c8ccccc8)c7)nc(-c7ccccc7)n6)c5)c3)C(c3ccccc3)(c3ccccc3)c3ccccc3-4)cc2)cc1. The van der Waals surface area contributed by atoms with E-state index in [1.165, 1.54) is 66.8 Å². The number of nitrogens with zero attached hydrogens (tertiary/aromatic N) is 2. The van der Waals surface area contributed by atoms with Crippen LogP contribution in [0.5, 0.6) is 0 Å². The number of benzene rings is 11. The van der Waals surface area contributed by atoms with E-state index in [2.05, 4.69) is 273 Å². The van der Waals surface area contributed by atoms with Gasteiger partial charge in [-0.2, -0.15) is 0 Å². The van der Waals surface area contributed by atoms with Crippen molar-refractivity contribution in [1.29, 1.82) is 0 Å². The van der Waals surface area contributed by atoms with Crippen molar-refractivity contribution in [1.82, 2.24) is 9.97 Å². The van der Waals surface area contributed by atoms with E-state index in [4.69, 9.17) is 9.97 Å². The Morgan fingerprint density at radius 2 is 0.589 bits per heavy atom. The van der Waals surface area contributed by atoms with Crippen LogP contribution in [0.15, 0.2) is 291 Å². The highest BCUT2D eigenvalue weighted by Gasteiger charge is 2.46. The third-order valence-electron chi connectivity index (χ3n) is 14.6. The third-order valence-corrected chi connectivity index (χ3v) is 14.6. The minimum atomic E-state index is -0.539. The standard InChI is InChI=1S/C71H48N2/c1-6-21-49(22-7-1)51-39-41-52(42-40-51)63-46-65-62-37-16-17-38-66(62)71(60-33-12-4-13-34-60,61-35-14-5-15-36-61)67(65)47-64(63)57-30-18-28-55(43-57)56-29-20-32-59(45-56)69-48-68(72-70(73-69)53-25-10-3-11-26-53)58-31-19-27-54(44-58)50-23-8-2-9-24-50/h1-48H. The van der Waals surface area contributed by atoms with Crippen molar-refractivity contribution in [3.63, 3.8) is 0 Å². The molecule has 0 amide bonds. The van der Waals surface area contributed by atoms with Crippen LogP contribution in [0.2, 0.25) is 0 Å². The highest BCUT2D eigenvalue weighted by atomic mass is 14.9. The molecule has 0 spiro atoms. The van der Waals surface area contributed by atoms with E-state index in [1.54, 1.807) is 0 Å². The van der Waals surface area contributed by atoms with E-state index in [1.807, 2.05) is 18.2 Å². The van der Waals surface area contributed by atoms with Gasteiger partial charge in [0, 0.05) is 16.7 Å². The Bertz CT molecular complexity index is 3880. The summed E-state index contributed by atoms with van der Waals surface area (Å²) in [7, 11) is 0. The second-order valence-corrected chi connectivity index (χ2v) is 18.9. The molecule has 11 aromatic carbocycles.